The summed E-state index contributed by atoms with van der Waals surface area (Å²) in [5.74, 6) is 0.819. The van der Waals surface area contributed by atoms with Crippen molar-refractivity contribution in [2.24, 2.45) is 0 Å². The van der Waals surface area contributed by atoms with Crippen LogP contribution in [0, 0.1) is 0 Å². The molecule has 0 N–H and O–H groups in total. The molecule has 1 heterocycles. The van der Waals surface area contributed by atoms with E-state index in [0.29, 0.717) is 0 Å². The van der Waals surface area contributed by atoms with E-state index in [0.717, 1.165) is 5.76 Å². The third-order valence-electron chi connectivity index (χ3n) is 0.762. The summed E-state index contributed by atoms with van der Waals surface area (Å²) in [4.78, 5) is 0. The Morgan fingerprint density at radius 1 is 1.71 bits per heavy atom. The highest BCUT2D eigenvalue weighted by Gasteiger charge is 1.92. The van der Waals surface area contributed by atoms with Gasteiger partial charge in [0.1, 0.15) is 5.76 Å². The van der Waals surface area contributed by atoms with Gasteiger partial charge in [0, 0.05) is 6.20 Å². The normalized spacial score (nSPS) is 15.9. The Morgan fingerprint density at radius 3 is 2.86 bits per heavy atom. The Hall–Kier alpha value is -0.920. The number of ether oxygens (including phenoxy) is 1. The summed E-state index contributed by atoms with van der Waals surface area (Å²) in [6, 6.07) is 0. The van der Waals surface area contributed by atoms with Gasteiger partial charge in [-0.15, -0.1) is 0 Å². The third kappa shape index (κ3) is 0.738. The fourth-order valence-electron chi connectivity index (χ4n) is 0.397. The van der Waals surface area contributed by atoms with Crippen LogP contribution in [0.1, 0.15) is 0 Å². The highest BCUT2D eigenvalue weighted by atomic mass is 16.5. The van der Waals surface area contributed by atoms with E-state index in [9.17, 15) is 0 Å². The lowest BCUT2D eigenvalue weighted by Gasteiger charge is -1.89. The summed E-state index contributed by atoms with van der Waals surface area (Å²) in [5, 5.41) is 3.77. The topological polar surface area (TPSA) is 23.3 Å². The number of hydrogen-bond donors (Lipinski definition) is 0. The molecule has 37 valence electrons. The van der Waals surface area contributed by atoms with E-state index in [1.165, 1.54) is 0 Å². The smallest absolute Gasteiger partial charge is 0.138 e. The van der Waals surface area contributed by atoms with E-state index in [-0.39, 0.29) is 0 Å². The maximum Gasteiger partial charge on any atom is 0.138 e. The average molecular weight is 96.1 g/mol. The molecule has 1 radical (unpaired) electrons. The van der Waals surface area contributed by atoms with Crippen molar-refractivity contribution in [1.29, 1.82) is 0 Å². The first-order valence-electron chi connectivity index (χ1n) is 2.04. The van der Waals surface area contributed by atoms with Crippen molar-refractivity contribution < 1.29 is 4.74 Å². The van der Waals surface area contributed by atoms with Crippen molar-refractivity contribution in [3.63, 3.8) is 0 Å². The van der Waals surface area contributed by atoms with Crippen LogP contribution in [0.15, 0.2) is 24.2 Å². The number of hydrogen-bond acceptors (Lipinski definition) is 1. The molecule has 0 aliphatic carbocycles. The van der Waals surface area contributed by atoms with Gasteiger partial charge in [-0.1, -0.05) is 0 Å². The zero-order valence-corrected chi connectivity index (χ0v) is 4.09. The summed E-state index contributed by atoms with van der Waals surface area (Å²) < 4.78 is 4.79. The Morgan fingerprint density at radius 2 is 2.57 bits per heavy atom. The van der Waals surface area contributed by atoms with Gasteiger partial charge >= 0.3 is 0 Å². The van der Waals surface area contributed by atoms with Crippen LogP contribution in [-0.4, -0.2) is 7.11 Å². The zero-order valence-electron chi connectivity index (χ0n) is 4.09. The predicted molar refractivity (Wildman–Crippen MR) is 26.4 cm³/mol. The highest BCUT2D eigenvalue weighted by molar-refractivity contribution is 5.17. The summed E-state index contributed by atoms with van der Waals surface area (Å²) in [6.45, 7) is 0. The van der Waals surface area contributed by atoms with E-state index in [4.69, 9.17) is 4.74 Å². The summed E-state index contributed by atoms with van der Waals surface area (Å²) >= 11 is 0. The molecule has 0 atom stereocenters. The second-order valence-corrected chi connectivity index (χ2v) is 1.20. The van der Waals surface area contributed by atoms with Crippen LogP contribution in [0.5, 0.6) is 0 Å². The largest absolute Gasteiger partial charge is 0.495 e. The SMILES string of the molecule is COC1=C[N]C=C1. The van der Waals surface area contributed by atoms with E-state index in [1.54, 1.807) is 25.6 Å². The van der Waals surface area contributed by atoms with Gasteiger partial charge in [-0.25, -0.2) is 0 Å². The van der Waals surface area contributed by atoms with Crippen molar-refractivity contribution in [3.8, 4) is 0 Å². The monoisotopic (exact) mass is 96.0 g/mol. The number of methoxy groups -OCH3 is 1. The Bertz CT molecular complexity index is 115. The number of nitrogens with zero attached hydrogens (tertiary/aromatic N) is 1. The van der Waals surface area contributed by atoms with Crippen LogP contribution in [0.25, 0.3) is 0 Å². The van der Waals surface area contributed by atoms with Crippen molar-refractivity contribution in [3.05, 3.63) is 24.2 Å². The Balaban J connectivity index is 2.52. The quantitative estimate of drug-likeness (QED) is 0.469. The van der Waals surface area contributed by atoms with Crippen LogP contribution >= 0.6 is 0 Å². The van der Waals surface area contributed by atoms with Crippen molar-refractivity contribution in [2.75, 3.05) is 7.11 Å². The number of allylic oxidation sites excluding steroid dienone is 1. The molecule has 0 aromatic rings. The lowest BCUT2D eigenvalue weighted by atomic mass is 10.6. The second-order valence-electron chi connectivity index (χ2n) is 1.20. The molecule has 2 heteroatoms. The molecule has 0 saturated carbocycles. The Labute approximate surface area is 42.5 Å². The number of rotatable bonds is 1. The molecule has 1 aliphatic rings. The second kappa shape index (κ2) is 1.69. The standard InChI is InChI=1S/C5H6NO/c1-7-5-2-3-6-4-5/h2-4H,1H3. The molecule has 2 nitrogen and oxygen atoms in total. The molecule has 1 rings (SSSR count). The first kappa shape index (κ1) is 4.24. The van der Waals surface area contributed by atoms with Crippen molar-refractivity contribution >= 4 is 0 Å². The molecule has 0 amide bonds. The predicted octanol–water partition coefficient (Wildman–Crippen LogP) is 0.606. The van der Waals surface area contributed by atoms with E-state index < -0.39 is 0 Å². The van der Waals surface area contributed by atoms with Gasteiger partial charge in [0.25, 0.3) is 0 Å². The van der Waals surface area contributed by atoms with Crippen molar-refractivity contribution in [1.82, 2.24) is 5.32 Å². The molecule has 0 spiro atoms. The maximum atomic E-state index is 4.79. The van der Waals surface area contributed by atoms with Crippen LogP contribution in [0.4, 0.5) is 0 Å². The van der Waals surface area contributed by atoms with Gasteiger partial charge in [0.05, 0.1) is 13.3 Å². The summed E-state index contributed by atoms with van der Waals surface area (Å²) in [7, 11) is 1.62. The maximum absolute atomic E-state index is 4.79. The minimum Gasteiger partial charge on any atom is -0.495 e. The van der Waals surface area contributed by atoms with Crippen LogP contribution in [-0.2, 0) is 4.74 Å². The van der Waals surface area contributed by atoms with Gasteiger partial charge in [0.15, 0.2) is 0 Å². The van der Waals surface area contributed by atoms with Crippen LogP contribution in [0.2, 0.25) is 0 Å². The van der Waals surface area contributed by atoms with Crippen LogP contribution in [0.3, 0.4) is 0 Å². The first-order valence-corrected chi connectivity index (χ1v) is 2.04. The van der Waals surface area contributed by atoms with Gasteiger partial charge in [-0.3, -0.25) is 5.32 Å². The van der Waals surface area contributed by atoms with E-state index in [1.807, 2.05) is 0 Å². The van der Waals surface area contributed by atoms with E-state index >= 15 is 0 Å². The van der Waals surface area contributed by atoms with Crippen LogP contribution < -0.4 is 5.32 Å². The molecule has 0 bridgehead atoms. The summed E-state index contributed by atoms with van der Waals surface area (Å²) in [6.07, 6.45) is 5.17. The zero-order chi connectivity index (χ0) is 5.11. The molecule has 0 aromatic carbocycles. The highest BCUT2D eigenvalue weighted by Crippen LogP contribution is 2.00. The minimum absolute atomic E-state index is 0.819. The lowest BCUT2D eigenvalue weighted by molar-refractivity contribution is 0.307. The first-order chi connectivity index (χ1) is 3.43. The molecular weight excluding hydrogens is 90.1 g/mol. The third-order valence-corrected chi connectivity index (χ3v) is 0.762. The molecule has 1 aliphatic heterocycles. The van der Waals surface area contributed by atoms with Gasteiger partial charge in [0.2, 0.25) is 0 Å². The minimum atomic E-state index is 0.819. The fourth-order valence-corrected chi connectivity index (χ4v) is 0.397. The molecular formula is C5H6NO. The van der Waals surface area contributed by atoms with E-state index in [2.05, 4.69) is 5.32 Å². The Kier molecular flexibility index (Phi) is 1.02. The lowest BCUT2D eigenvalue weighted by Crippen LogP contribution is -1.77. The van der Waals surface area contributed by atoms with Crippen molar-refractivity contribution in [2.45, 2.75) is 0 Å². The molecule has 0 fully saturated rings. The molecule has 7 heavy (non-hydrogen) atoms. The summed E-state index contributed by atoms with van der Waals surface area (Å²) in [5.41, 5.74) is 0. The molecule has 0 unspecified atom stereocenters. The average Bonchev–Trinajstić information content (AvgIpc) is 2.14. The van der Waals surface area contributed by atoms with Gasteiger partial charge in [-0.05, 0) is 6.08 Å². The fraction of sp³-hybridized carbons (Fsp3) is 0.200. The molecule has 0 saturated heterocycles. The molecule has 0 aromatic heterocycles. The van der Waals surface area contributed by atoms with Gasteiger partial charge in [-0.2, -0.15) is 0 Å². The van der Waals surface area contributed by atoms with Gasteiger partial charge < -0.3 is 4.74 Å².